The summed E-state index contributed by atoms with van der Waals surface area (Å²) in [6.07, 6.45) is 0. The van der Waals surface area contributed by atoms with E-state index in [9.17, 15) is 4.79 Å². The average molecular weight is 198 g/mol. The van der Waals surface area contributed by atoms with Crippen LogP contribution in [-0.2, 0) is 0 Å². The van der Waals surface area contributed by atoms with E-state index in [1.807, 2.05) is 6.92 Å². The zero-order chi connectivity index (χ0) is 10.0. The molecule has 0 heterocycles. The molecule has 0 saturated carbocycles. The fourth-order valence-electron chi connectivity index (χ4n) is 1.01. The van der Waals surface area contributed by atoms with Crippen LogP contribution < -0.4 is 4.74 Å². The molecule has 0 bridgehead atoms. The molecule has 1 N–H and O–H groups in total. The largest absolute Gasteiger partial charge is 0.496 e. The maximum atomic E-state index is 10.7. The lowest BCUT2D eigenvalue weighted by molar-refractivity contribution is 0.0693. The minimum absolute atomic E-state index is 0.137. The zero-order valence-corrected chi connectivity index (χ0v) is 8.26. The number of rotatable bonds is 2. The van der Waals surface area contributed by atoms with Crippen molar-refractivity contribution in [1.29, 1.82) is 0 Å². The van der Waals surface area contributed by atoms with Gasteiger partial charge in [-0.25, -0.2) is 4.79 Å². The third kappa shape index (κ3) is 1.95. The molecule has 0 aliphatic rings. The molecular formula is C9H10O3S. The van der Waals surface area contributed by atoms with Crippen LogP contribution in [0.2, 0.25) is 0 Å². The van der Waals surface area contributed by atoms with Gasteiger partial charge in [-0.2, -0.15) is 0 Å². The van der Waals surface area contributed by atoms with Gasteiger partial charge < -0.3 is 9.84 Å². The SMILES string of the molecule is COc1cc(C)c(S)cc1C(=O)O. The summed E-state index contributed by atoms with van der Waals surface area (Å²) in [5, 5.41) is 8.80. The van der Waals surface area contributed by atoms with Crippen LogP contribution in [0, 0.1) is 6.92 Å². The maximum Gasteiger partial charge on any atom is 0.339 e. The molecule has 70 valence electrons. The van der Waals surface area contributed by atoms with Gasteiger partial charge in [-0.15, -0.1) is 12.6 Å². The van der Waals surface area contributed by atoms with Crippen molar-refractivity contribution in [2.45, 2.75) is 11.8 Å². The second-order valence-corrected chi connectivity index (χ2v) is 3.13. The topological polar surface area (TPSA) is 46.5 Å². The van der Waals surface area contributed by atoms with Crippen molar-refractivity contribution >= 4 is 18.6 Å². The number of benzene rings is 1. The highest BCUT2D eigenvalue weighted by molar-refractivity contribution is 7.80. The number of carboxylic acids is 1. The van der Waals surface area contributed by atoms with Gasteiger partial charge in [-0.05, 0) is 24.6 Å². The normalized spacial score (nSPS) is 9.77. The second kappa shape index (κ2) is 3.70. The summed E-state index contributed by atoms with van der Waals surface area (Å²) in [6.45, 7) is 1.84. The Kier molecular flexibility index (Phi) is 2.83. The van der Waals surface area contributed by atoms with Crippen LogP contribution in [0.5, 0.6) is 5.75 Å². The molecule has 0 unspecified atom stereocenters. The van der Waals surface area contributed by atoms with E-state index < -0.39 is 5.97 Å². The summed E-state index contributed by atoms with van der Waals surface area (Å²) >= 11 is 4.13. The highest BCUT2D eigenvalue weighted by atomic mass is 32.1. The summed E-state index contributed by atoms with van der Waals surface area (Å²) in [5.41, 5.74) is 1.03. The van der Waals surface area contributed by atoms with Gasteiger partial charge in [0.25, 0.3) is 0 Å². The number of hydrogen-bond donors (Lipinski definition) is 2. The van der Waals surface area contributed by atoms with Gasteiger partial charge in [-0.3, -0.25) is 0 Å². The predicted molar refractivity (Wildman–Crippen MR) is 51.9 cm³/mol. The van der Waals surface area contributed by atoms with Gasteiger partial charge in [0, 0.05) is 4.90 Å². The summed E-state index contributed by atoms with van der Waals surface area (Å²) in [5.74, 6) is -0.644. The molecular weight excluding hydrogens is 188 g/mol. The average Bonchev–Trinajstić information content (AvgIpc) is 2.08. The quantitative estimate of drug-likeness (QED) is 0.714. The van der Waals surface area contributed by atoms with Crippen molar-refractivity contribution in [2.75, 3.05) is 7.11 Å². The molecule has 13 heavy (non-hydrogen) atoms. The molecule has 0 aliphatic heterocycles. The number of carboxylic acid groups (broad SMARTS) is 1. The van der Waals surface area contributed by atoms with E-state index in [1.54, 1.807) is 6.07 Å². The molecule has 0 radical (unpaired) electrons. The van der Waals surface area contributed by atoms with Crippen molar-refractivity contribution in [3.63, 3.8) is 0 Å². The summed E-state index contributed by atoms with van der Waals surface area (Å²) in [6, 6.07) is 3.14. The van der Waals surface area contributed by atoms with E-state index in [0.717, 1.165) is 5.56 Å². The number of aryl methyl sites for hydroxylation is 1. The van der Waals surface area contributed by atoms with Gasteiger partial charge in [-0.1, -0.05) is 0 Å². The molecule has 3 nitrogen and oxygen atoms in total. The Bertz CT molecular complexity index is 347. The molecule has 0 aromatic heterocycles. The second-order valence-electron chi connectivity index (χ2n) is 2.64. The Labute approximate surface area is 81.8 Å². The van der Waals surface area contributed by atoms with Crippen molar-refractivity contribution in [1.82, 2.24) is 0 Å². The molecule has 0 saturated heterocycles. The van der Waals surface area contributed by atoms with Crippen molar-refractivity contribution < 1.29 is 14.6 Å². The number of carbonyl (C=O) groups is 1. The van der Waals surface area contributed by atoms with Crippen LogP contribution in [0.3, 0.4) is 0 Å². The van der Waals surface area contributed by atoms with E-state index in [2.05, 4.69) is 12.6 Å². The molecule has 4 heteroatoms. The fraction of sp³-hybridized carbons (Fsp3) is 0.222. The van der Waals surface area contributed by atoms with Crippen LogP contribution >= 0.6 is 12.6 Å². The molecule has 1 aromatic rings. The summed E-state index contributed by atoms with van der Waals surface area (Å²) in [4.78, 5) is 11.4. The van der Waals surface area contributed by atoms with Crippen LogP contribution in [0.1, 0.15) is 15.9 Å². The summed E-state index contributed by atoms with van der Waals surface area (Å²) < 4.78 is 4.93. The molecule has 0 spiro atoms. The van der Waals surface area contributed by atoms with Crippen molar-refractivity contribution in [3.05, 3.63) is 23.3 Å². The van der Waals surface area contributed by atoms with E-state index in [0.29, 0.717) is 10.6 Å². The zero-order valence-electron chi connectivity index (χ0n) is 7.37. The highest BCUT2D eigenvalue weighted by Crippen LogP contribution is 2.25. The first-order valence-corrected chi connectivity index (χ1v) is 4.12. The molecule has 1 aromatic carbocycles. The molecule has 0 fully saturated rings. The van der Waals surface area contributed by atoms with E-state index in [-0.39, 0.29) is 5.56 Å². The van der Waals surface area contributed by atoms with Gasteiger partial charge >= 0.3 is 5.97 Å². The first-order chi connectivity index (χ1) is 6.06. The van der Waals surface area contributed by atoms with Gasteiger partial charge in [0.05, 0.1) is 7.11 Å². The standard InChI is InChI=1S/C9H10O3S/c1-5-3-7(12-2)6(9(10)11)4-8(5)13/h3-4,13H,1-2H3,(H,10,11). The highest BCUT2D eigenvalue weighted by Gasteiger charge is 2.12. The minimum Gasteiger partial charge on any atom is -0.496 e. The smallest absolute Gasteiger partial charge is 0.339 e. The van der Waals surface area contributed by atoms with Crippen molar-refractivity contribution in [2.24, 2.45) is 0 Å². The summed E-state index contributed by atoms with van der Waals surface area (Å²) in [7, 11) is 1.44. The molecule has 0 aliphatic carbocycles. The first kappa shape index (κ1) is 9.92. The Morgan fingerprint density at radius 2 is 2.15 bits per heavy atom. The van der Waals surface area contributed by atoms with Crippen LogP contribution in [-0.4, -0.2) is 18.2 Å². The molecule has 0 atom stereocenters. The lowest BCUT2D eigenvalue weighted by Gasteiger charge is -2.07. The Hall–Kier alpha value is -1.16. The Balaban J connectivity index is 3.33. The van der Waals surface area contributed by atoms with Gasteiger partial charge in [0.1, 0.15) is 11.3 Å². The maximum absolute atomic E-state index is 10.7. The number of methoxy groups -OCH3 is 1. The van der Waals surface area contributed by atoms with Crippen LogP contribution in [0.4, 0.5) is 0 Å². The molecule has 1 rings (SSSR count). The monoisotopic (exact) mass is 198 g/mol. The Morgan fingerprint density at radius 3 is 2.62 bits per heavy atom. The first-order valence-electron chi connectivity index (χ1n) is 3.67. The predicted octanol–water partition coefficient (Wildman–Crippen LogP) is 1.99. The number of hydrogen-bond acceptors (Lipinski definition) is 3. The lowest BCUT2D eigenvalue weighted by atomic mass is 10.1. The van der Waals surface area contributed by atoms with Crippen molar-refractivity contribution in [3.8, 4) is 5.75 Å². The minimum atomic E-state index is -1.01. The fourth-order valence-corrected chi connectivity index (χ4v) is 1.20. The van der Waals surface area contributed by atoms with Gasteiger partial charge in [0.2, 0.25) is 0 Å². The lowest BCUT2D eigenvalue weighted by Crippen LogP contribution is -2.01. The third-order valence-corrected chi connectivity index (χ3v) is 2.23. The third-order valence-electron chi connectivity index (χ3n) is 1.75. The number of thiol groups is 1. The van der Waals surface area contributed by atoms with E-state index >= 15 is 0 Å². The number of ether oxygens (including phenoxy) is 1. The van der Waals surface area contributed by atoms with Crippen LogP contribution in [0.25, 0.3) is 0 Å². The van der Waals surface area contributed by atoms with E-state index in [4.69, 9.17) is 9.84 Å². The van der Waals surface area contributed by atoms with E-state index in [1.165, 1.54) is 13.2 Å². The van der Waals surface area contributed by atoms with Gasteiger partial charge in [0.15, 0.2) is 0 Å². The van der Waals surface area contributed by atoms with Crippen LogP contribution in [0.15, 0.2) is 17.0 Å². The molecule has 0 amide bonds. The number of aromatic carboxylic acids is 1. The Morgan fingerprint density at radius 1 is 1.54 bits per heavy atom.